The summed E-state index contributed by atoms with van der Waals surface area (Å²) in [4.78, 5) is 2.43. The van der Waals surface area contributed by atoms with Crippen LogP contribution in [0.4, 0.5) is 11.4 Å². The highest BCUT2D eigenvalue weighted by Crippen LogP contribution is 2.32. The molecule has 1 aliphatic heterocycles. The third-order valence-electron chi connectivity index (χ3n) is 3.37. The SMILES string of the molecule is COCCCCN1CCCc2cccc(N)c21. The first-order chi connectivity index (χ1) is 8.33. The zero-order valence-corrected chi connectivity index (χ0v) is 10.6. The van der Waals surface area contributed by atoms with Crippen LogP contribution in [0.25, 0.3) is 0 Å². The van der Waals surface area contributed by atoms with Crippen LogP contribution in [-0.4, -0.2) is 26.8 Å². The first kappa shape index (κ1) is 12.2. The van der Waals surface area contributed by atoms with E-state index >= 15 is 0 Å². The highest BCUT2D eigenvalue weighted by atomic mass is 16.5. The van der Waals surface area contributed by atoms with Gasteiger partial charge in [-0.3, -0.25) is 0 Å². The summed E-state index contributed by atoms with van der Waals surface area (Å²) in [6, 6.07) is 6.27. The van der Waals surface area contributed by atoms with Crippen molar-refractivity contribution in [1.82, 2.24) is 0 Å². The molecule has 1 aromatic carbocycles. The van der Waals surface area contributed by atoms with Crippen molar-refractivity contribution in [2.45, 2.75) is 25.7 Å². The summed E-state index contributed by atoms with van der Waals surface area (Å²) in [6.07, 6.45) is 4.69. The van der Waals surface area contributed by atoms with Crippen molar-refractivity contribution in [1.29, 1.82) is 0 Å². The molecule has 0 saturated carbocycles. The van der Waals surface area contributed by atoms with Gasteiger partial charge in [0.2, 0.25) is 0 Å². The van der Waals surface area contributed by atoms with Crippen LogP contribution in [0.1, 0.15) is 24.8 Å². The van der Waals surface area contributed by atoms with E-state index in [2.05, 4.69) is 17.0 Å². The molecular formula is C14H22N2O. The lowest BCUT2D eigenvalue weighted by atomic mass is 10.00. The van der Waals surface area contributed by atoms with Gasteiger partial charge in [0.25, 0.3) is 0 Å². The molecule has 1 aromatic rings. The minimum atomic E-state index is 0.852. The van der Waals surface area contributed by atoms with Crippen molar-refractivity contribution < 1.29 is 4.74 Å². The van der Waals surface area contributed by atoms with Gasteiger partial charge in [-0.2, -0.15) is 0 Å². The number of unbranched alkanes of at least 4 members (excludes halogenated alkanes) is 1. The second-order valence-electron chi connectivity index (χ2n) is 4.65. The summed E-state index contributed by atoms with van der Waals surface area (Å²) in [5.74, 6) is 0. The second-order valence-corrected chi connectivity index (χ2v) is 4.65. The molecule has 3 heteroatoms. The van der Waals surface area contributed by atoms with E-state index in [0.717, 1.165) is 38.2 Å². The number of hydrogen-bond acceptors (Lipinski definition) is 3. The fraction of sp³-hybridized carbons (Fsp3) is 0.571. The highest BCUT2D eigenvalue weighted by molar-refractivity contribution is 5.72. The van der Waals surface area contributed by atoms with Gasteiger partial charge in [0, 0.05) is 26.8 Å². The molecule has 2 rings (SSSR count). The van der Waals surface area contributed by atoms with Gasteiger partial charge in [0.05, 0.1) is 11.4 Å². The third-order valence-corrected chi connectivity index (χ3v) is 3.37. The number of hydrogen-bond donors (Lipinski definition) is 1. The summed E-state index contributed by atoms with van der Waals surface area (Å²) in [7, 11) is 1.76. The minimum Gasteiger partial charge on any atom is -0.397 e. The van der Waals surface area contributed by atoms with Crippen molar-refractivity contribution in [2.24, 2.45) is 0 Å². The molecular weight excluding hydrogens is 212 g/mol. The predicted molar refractivity (Wildman–Crippen MR) is 72.5 cm³/mol. The number of ether oxygens (including phenoxy) is 1. The van der Waals surface area contributed by atoms with Gasteiger partial charge in [-0.25, -0.2) is 0 Å². The maximum atomic E-state index is 6.10. The van der Waals surface area contributed by atoms with Crippen LogP contribution in [0.5, 0.6) is 0 Å². The number of nitrogen functional groups attached to an aromatic ring is 1. The number of benzene rings is 1. The van der Waals surface area contributed by atoms with Crippen molar-refractivity contribution in [2.75, 3.05) is 37.4 Å². The molecule has 1 heterocycles. The Morgan fingerprint density at radius 2 is 2.24 bits per heavy atom. The topological polar surface area (TPSA) is 38.5 Å². The predicted octanol–water partition coefficient (Wildman–Crippen LogP) is 2.45. The Kier molecular flexibility index (Phi) is 4.26. The highest BCUT2D eigenvalue weighted by Gasteiger charge is 2.18. The molecule has 3 nitrogen and oxygen atoms in total. The van der Waals surface area contributed by atoms with Gasteiger partial charge >= 0.3 is 0 Å². The summed E-state index contributed by atoms with van der Waals surface area (Å²) in [5, 5.41) is 0. The number of anilines is 2. The van der Waals surface area contributed by atoms with Crippen LogP contribution in [0.15, 0.2) is 18.2 Å². The van der Waals surface area contributed by atoms with Crippen molar-refractivity contribution in [3.05, 3.63) is 23.8 Å². The molecule has 0 saturated heterocycles. The number of rotatable bonds is 5. The number of nitrogens with two attached hydrogens (primary N) is 1. The molecule has 2 N–H and O–H groups in total. The van der Waals surface area contributed by atoms with E-state index in [1.807, 2.05) is 6.07 Å². The van der Waals surface area contributed by atoms with Crippen molar-refractivity contribution in [3.63, 3.8) is 0 Å². The fourth-order valence-corrected chi connectivity index (χ4v) is 2.54. The molecule has 0 unspecified atom stereocenters. The molecule has 0 atom stereocenters. The summed E-state index contributed by atoms with van der Waals surface area (Å²) >= 11 is 0. The molecule has 94 valence electrons. The molecule has 0 aromatic heterocycles. The van der Waals surface area contributed by atoms with E-state index in [4.69, 9.17) is 10.5 Å². The number of fused-ring (bicyclic) bond motifs is 1. The van der Waals surface area contributed by atoms with Crippen LogP contribution in [0.3, 0.4) is 0 Å². The molecule has 0 bridgehead atoms. The van der Waals surface area contributed by atoms with E-state index in [-0.39, 0.29) is 0 Å². The van der Waals surface area contributed by atoms with Crippen LogP contribution >= 0.6 is 0 Å². The standard InChI is InChI=1S/C14H22N2O/c1-17-11-3-2-9-16-10-5-7-12-6-4-8-13(15)14(12)16/h4,6,8H,2-3,5,7,9-11,15H2,1H3. The molecule has 0 radical (unpaired) electrons. The first-order valence-electron chi connectivity index (χ1n) is 6.44. The van der Waals surface area contributed by atoms with Gasteiger partial charge in [0.1, 0.15) is 0 Å². The maximum absolute atomic E-state index is 6.10. The number of methoxy groups -OCH3 is 1. The first-order valence-corrected chi connectivity index (χ1v) is 6.44. The Balaban J connectivity index is 2.01. The summed E-state index contributed by atoms with van der Waals surface area (Å²) < 4.78 is 5.08. The van der Waals surface area contributed by atoms with E-state index in [1.54, 1.807) is 7.11 Å². The fourth-order valence-electron chi connectivity index (χ4n) is 2.54. The number of nitrogens with zero attached hydrogens (tertiary/aromatic N) is 1. The quantitative estimate of drug-likeness (QED) is 0.628. The largest absolute Gasteiger partial charge is 0.397 e. The normalized spacial score (nSPS) is 14.8. The number of aryl methyl sites for hydroxylation is 1. The van der Waals surface area contributed by atoms with Crippen molar-refractivity contribution in [3.8, 4) is 0 Å². The van der Waals surface area contributed by atoms with Gasteiger partial charge < -0.3 is 15.4 Å². The Morgan fingerprint density at radius 3 is 3.06 bits per heavy atom. The Labute approximate surface area is 104 Å². The van der Waals surface area contributed by atoms with Crippen LogP contribution in [-0.2, 0) is 11.2 Å². The molecule has 0 fully saturated rings. The maximum Gasteiger partial charge on any atom is 0.0632 e. The molecule has 0 aliphatic carbocycles. The average molecular weight is 234 g/mol. The minimum absolute atomic E-state index is 0.852. The van der Waals surface area contributed by atoms with Crippen LogP contribution in [0, 0.1) is 0 Å². The zero-order chi connectivity index (χ0) is 12.1. The van der Waals surface area contributed by atoms with Crippen molar-refractivity contribution >= 4 is 11.4 Å². The molecule has 0 spiro atoms. The Bertz CT molecular complexity index is 365. The number of para-hydroxylation sites is 1. The Hall–Kier alpha value is -1.22. The lowest BCUT2D eigenvalue weighted by Crippen LogP contribution is -2.31. The summed E-state index contributed by atoms with van der Waals surface area (Å²) in [5.41, 5.74) is 9.70. The smallest absolute Gasteiger partial charge is 0.0632 e. The van der Waals surface area contributed by atoms with E-state index in [9.17, 15) is 0 Å². The van der Waals surface area contributed by atoms with Gasteiger partial charge in [0.15, 0.2) is 0 Å². The lowest BCUT2D eigenvalue weighted by Gasteiger charge is -2.32. The van der Waals surface area contributed by atoms with Gasteiger partial charge in [-0.05, 0) is 37.3 Å². The van der Waals surface area contributed by atoms with E-state index < -0.39 is 0 Å². The zero-order valence-electron chi connectivity index (χ0n) is 10.6. The molecule has 1 aliphatic rings. The van der Waals surface area contributed by atoms with Crippen LogP contribution in [0.2, 0.25) is 0 Å². The monoisotopic (exact) mass is 234 g/mol. The second kappa shape index (κ2) is 5.92. The van der Waals surface area contributed by atoms with E-state index in [1.165, 1.54) is 24.1 Å². The lowest BCUT2D eigenvalue weighted by molar-refractivity contribution is 0.193. The van der Waals surface area contributed by atoms with E-state index in [0.29, 0.717) is 0 Å². The Morgan fingerprint density at radius 1 is 1.35 bits per heavy atom. The molecule has 17 heavy (non-hydrogen) atoms. The average Bonchev–Trinajstić information content (AvgIpc) is 2.35. The third kappa shape index (κ3) is 2.91. The summed E-state index contributed by atoms with van der Waals surface area (Å²) in [6.45, 7) is 3.07. The van der Waals surface area contributed by atoms with Gasteiger partial charge in [-0.15, -0.1) is 0 Å². The van der Waals surface area contributed by atoms with Gasteiger partial charge in [-0.1, -0.05) is 12.1 Å². The van der Waals surface area contributed by atoms with Crippen LogP contribution < -0.4 is 10.6 Å². The molecule has 0 amide bonds.